The second kappa shape index (κ2) is 9.74. The average molecular weight is 403 g/mol. The van der Waals surface area contributed by atoms with Crippen molar-refractivity contribution in [2.24, 2.45) is 4.99 Å². The molecule has 0 saturated carbocycles. The highest BCUT2D eigenvalue weighted by atomic mass is 16.5. The minimum absolute atomic E-state index is 0.243. The fourth-order valence-electron chi connectivity index (χ4n) is 2.94. The summed E-state index contributed by atoms with van der Waals surface area (Å²) in [5.41, 5.74) is 4.03. The van der Waals surface area contributed by atoms with E-state index in [-0.39, 0.29) is 12.2 Å². The van der Waals surface area contributed by atoms with E-state index < -0.39 is 5.97 Å². The van der Waals surface area contributed by atoms with Crippen LogP contribution in [-0.4, -0.2) is 24.4 Å². The van der Waals surface area contributed by atoms with E-state index >= 15 is 0 Å². The number of para-hydroxylation sites is 1. The molecule has 154 valence electrons. The van der Waals surface area contributed by atoms with Crippen molar-refractivity contribution < 1.29 is 19.4 Å². The third-order valence-corrected chi connectivity index (χ3v) is 4.73. The van der Waals surface area contributed by atoms with Crippen LogP contribution in [0.15, 0.2) is 71.7 Å². The molecule has 0 saturated heterocycles. The molecule has 3 rings (SSSR count). The molecular weight excluding hydrogens is 378 g/mol. The molecule has 5 heteroatoms. The summed E-state index contributed by atoms with van der Waals surface area (Å²) in [6.07, 6.45) is 1.76. The molecule has 0 aliphatic carbocycles. The third kappa shape index (κ3) is 5.26. The second-order valence-electron chi connectivity index (χ2n) is 7.17. The molecule has 0 bridgehead atoms. The largest absolute Gasteiger partial charge is 0.493 e. The standard InChI is InChI=1S/C25H25NO4/c1-17(2)19-11-13-22(14-12-19)26-15-21-5-4-6-23(29-3)24(21)30-16-18-7-9-20(10-8-18)25(27)28/h4-15,17H,16H2,1-3H3,(H,27,28). The van der Waals surface area contributed by atoms with Gasteiger partial charge in [0.15, 0.2) is 11.5 Å². The van der Waals surface area contributed by atoms with E-state index in [9.17, 15) is 4.79 Å². The van der Waals surface area contributed by atoms with Crippen molar-refractivity contribution in [3.63, 3.8) is 0 Å². The van der Waals surface area contributed by atoms with Gasteiger partial charge in [0.1, 0.15) is 6.61 Å². The van der Waals surface area contributed by atoms with Crippen LogP contribution in [0.3, 0.4) is 0 Å². The Labute approximate surface area is 176 Å². The summed E-state index contributed by atoms with van der Waals surface area (Å²) in [6, 6.07) is 20.4. The summed E-state index contributed by atoms with van der Waals surface area (Å²) in [5, 5.41) is 9.02. The van der Waals surface area contributed by atoms with Gasteiger partial charge in [0.05, 0.1) is 18.4 Å². The summed E-state index contributed by atoms with van der Waals surface area (Å²) in [4.78, 5) is 15.6. The zero-order valence-electron chi connectivity index (χ0n) is 17.3. The van der Waals surface area contributed by atoms with Gasteiger partial charge in [-0.2, -0.15) is 0 Å². The molecule has 0 radical (unpaired) electrons. The van der Waals surface area contributed by atoms with E-state index in [0.717, 1.165) is 16.8 Å². The maximum Gasteiger partial charge on any atom is 0.335 e. The Morgan fingerprint density at radius 3 is 2.33 bits per heavy atom. The van der Waals surface area contributed by atoms with Gasteiger partial charge in [0.25, 0.3) is 0 Å². The molecule has 3 aromatic rings. The molecule has 5 nitrogen and oxygen atoms in total. The number of hydrogen-bond acceptors (Lipinski definition) is 4. The fraction of sp³-hybridized carbons (Fsp3) is 0.200. The van der Waals surface area contributed by atoms with Crippen LogP contribution in [0.25, 0.3) is 0 Å². The topological polar surface area (TPSA) is 68.1 Å². The van der Waals surface area contributed by atoms with Crippen molar-refractivity contribution in [3.05, 3.63) is 89.0 Å². The number of methoxy groups -OCH3 is 1. The SMILES string of the molecule is COc1cccc(C=Nc2ccc(C(C)C)cc2)c1OCc1ccc(C(=O)O)cc1. The van der Waals surface area contributed by atoms with Crippen molar-refractivity contribution in [2.45, 2.75) is 26.4 Å². The molecule has 3 aromatic carbocycles. The van der Waals surface area contributed by atoms with Gasteiger partial charge in [-0.25, -0.2) is 4.79 Å². The zero-order chi connectivity index (χ0) is 21.5. The smallest absolute Gasteiger partial charge is 0.335 e. The van der Waals surface area contributed by atoms with Crippen molar-refractivity contribution in [2.75, 3.05) is 7.11 Å². The Kier molecular flexibility index (Phi) is 6.86. The number of hydrogen-bond donors (Lipinski definition) is 1. The average Bonchev–Trinajstić information content (AvgIpc) is 2.76. The van der Waals surface area contributed by atoms with E-state index in [1.807, 2.05) is 30.3 Å². The van der Waals surface area contributed by atoms with Gasteiger partial charge < -0.3 is 14.6 Å². The van der Waals surface area contributed by atoms with Crippen LogP contribution in [0.5, 0.6) is 11.5 Å². The highest BCUT2D eigenvalue weighted by molar-refractivity contribution is 5.88. The van der Waals surface area contributed by atoms with E-state index in [1.165, 1.54) is 5.56 Å². The van der Waals surface area contributed by atoms with Crippen molar-refractivity contribution in [3.8, 4) is 11.5 Å². The van der Waals surface area contributed by atoms with Gasteiger partial charge >= 0.3 is 5.97 Å². The monoisotopic (exact) mass is 403 g/mol. The zero-order valence-corrected chi connectivity index (χ0v) is 17.3. The Hall–Kier alpha value is -3.60. The molecule has 0 unspecified atom stereocenters. The number of carbonyl (C=O) groups is 1. The number of rotatable bonds is 8. The summed E-state index contributed by atoms with van der Waals surface area (Å²) in [6.45, 7) is 4.60. The van der Waals surface area contributed by atoms with Gasteiger partial charge in [-0.1, -0.05) is 44.2 Å². The van der Waals surface area contributed by atoms with E-state index in [2.05, 4.69) is 31.0 Å². The Morgan fingerprint density at radius 1 is 1.03 bits per heavy atom. The lowest BCUT2D eigenvalue weighted by atomic mass is 10.0. The first-order valence-electron chi connectivity index (χ1n) is 9.74. The Bertz CT molecular complexity index is 1020. The number of aromatic carboxylic acids is 1. The number of nitrogens with zero attached hydrogens (tertiary/aromatic N) is 1. The Morgan fingerprint density at radius 2 is 1.73 bits per heavy atom. The van der Waals surface area contributed by atoms with Crippen LogP contribution in [-0.2, 0) is 6.61 Å². The summed E-state index contributed by atoms with van der Waals surface area (Å²) < 4.78 is 11.5. The number of ether oxygens (including phenoxy) is 2. The first-order chi connectivity index (χ1) is 14.5. The summed E-state index contributed by atoms with van der Waals surface area (Å²) in [5.74, 6) is 0.722. The lowest BCUT2D eigenvalue weighted by Crippen LogP contribution is -2.02. The maximum absolute atomic E-state index is 11.0. The summed E-state index contributed by atoms with van der Waals surface area (Å²) in [7, 11) is 1.59. The number of aliphatic imine (C=N–C) groups is 1. The Balaban J connectivity index is 1.79. The van der Waals surface area contributed by atoms with Crippen LogP contribution < -0.4 is 9.47 Å². The van der Waals surface area contributed by atoms with Crippen LogP contribution in [0.2, 0.25) is 0 Å². The van der Waals surface area contributed by atoms with Crippen molar-refractivity contribution in [1.82, 2.24) is 0 Å². The molecule has 0 amide bonds. The highest BCUT2D eigenvalue weighted by Gasteiger charge is 2.10. The highest BCUT2D eigenvalue weighted by Crippen LogP contribution is 2.31. The first kappa shape index (κ1) is 21.1. The fourth-order valence-corrected chi connectivity index (χ4v) is 2.94. The lowest BCUT2D eigenvalue weighted by Gasteiger charge is -2.13. The number of benzene rings is 3. The van der Waals surface area contributed by atoms with Gasteiger partial charge in [-0.15, -0.1) is 0 Å². The molecule has 0 spiro atoms. The van der Waals surface area contributed by atoms with E-state index in [0.29, 0.717) is 17.4 Å². The quantitative estimate of drug-likeness (QED) is 0.479. The van der Waals surface area contributed by atoms with Crippen LogP contribution in [0.1, 0.15) is 46.8 Å². The molecule has 30 heavy (non-hydrogen) atoms. The summed E-state index contributed by atoms with van der Waals surface area (Å²) >= 11 is 0. The lowest BCUT2D eigenvalue weighted by molar-refractivity contribution is 0.0697. The predicted molar refractivity (Wildman–Crippen MR) is 119 cm³/mol. The van der Waals surface area contributed by atoms with Crippen molar-refractivity contribution >= 4 is 17.9 Å². The van der Waals surface area contributed by atoms with Crippen LogP contribution in [0, 0.1) is 0 Å². The van der Waals surface area contributed by atoms with Gasteiger partial charge in [0.2, 0.25) is 0 Å². The van der Waals surface area contributed by atoms with Crippen LogP contribution >= 0.6 is 0 Å². The molecule has 0 heterocycles. The second-order valence-corrected chi connectivity index (χ2v) is 7.17. The first-order valence-corrected chi connectivity index (χ1v) is 9.74. The molecule has 1 N–H and O–H groups in total. The predicted octanol–water partition coefficient (Wildman–Crippen LogP) is 5.85. The molecular formula is C25H25NO4. The van der Waals surface area contributed by atoms with E-state index in [4.69, 9.17) is 14.6 Å². The molecule has 0 fully saturated rings. The third-order valence-electron chi connectivity index (χ3n) is 4.73. The minimum Gasteiger partial charge on any atom is -0.493 e. The number of carboxylic acid groups (broad SMARTS) is 1. The minimum atomic E-state index is -0.952. The van der Waals surface area contributed by atoms with Crippen LogP contribution in [0.4, 0.5) is 5.69 Å². The van der Waals surface area contributed by atoms with Crippen molar-refractivity contribution in [1.29, 1.82) is 0 Å². The molecule has 0 aliphatic heterocycles. The van der Waals surface area contributed by atoms with Gasteiger partial charge in [-0.3, -0.25) is 4.99 Å². The number of carboxylic acids is 1. The molecule has 0 aromatic heterocycles. The maximum atomic E-state index is 11.0. The molecule has 0 atom stereocenters. The normalized spacial score (nSPS) is 11.1. The molecule has 0 aliphatic rings. The van der Waals surface area contributed by atoms with Gasteiger partial charge in [-0.05, 0) is 53.4 Å². The van der Waals surface area contributed by atoms with Gasteiger partial charge in [0, 0.05) is 11.8 Å². The van der Waals surface area contributed by atoms with E-state index in [1.54, 1.807) is 37.6 Å².